The molecule has 0 aliphatic carbocycles. The Hall–Kier alpha value is -0.860. The molecule has 0 radical (unpaired) electrons. The molecule has 1 N–H and O–H groups in total. The van der Waals surface area contributed by atoms with Gasteiger partial charge in [0.1, 0.15) is 0 Å². The molecule has 0 aliphatic rings. The van der Waals surface area contributed by atoms with Gasteiger partial charge in [0.25, 0.3) is 0 Å². The quantitative estimate of drug-likeness (QED) is 0.766. The second-order valence-electron chi connectivity index (χ2n) is 5.68. The van der Waals surface area contributed by atoms with E-state index in [0.717, 1.165) is 19.6 Å². The highest BCUT2D eigenvalue weighted by Crippen LogP contribution is 2.12. The molecular weight excluding hydrogens is 232 g/mol. The summed E-state index contributed by atoms with van der Waals surface area (Å²) in [6, 6.07) is 10.2. The molecule has 19 heavy (non-hydrogen) atoms. The maximum atomic E-state index is 3.48. The number of hydrogen-bond donors (Lipinski definition) is 1. The fourth-order valence-corrected chi connectivity index (χ4v) is 2.23. The van der Waals surface area contributed by atoms with Crippen molar-refractivity contribution < 1.29 is 0 Å². The van der Waals surface area contributed by atoms with Gasteiger partial charge in [-0.05, 0) is 31.0 Å². The van der Waals surface area contributed by atoms with Crippen LogP contribution < -0.4 is 5.32 Å². The van der Waals surface area contributed by atoms with E-state index in [-0.39, 0.29) is 0 Å². The van der Waals surface area contributed by atoms with Crippen molar-refractivity contribution in [3.05, 3.63) is 35.4 Å². The van der Waals surface area contributed by atoms with Crippen LogP contribution in [0.2, 0.25) is 0 Å². The van der Waals surface area contributed by atoms with Gasteiger partial charge >= 0.3 is 0 Å². The van der Waals surface area contributed by atoms with Gasteiger partial charge in [0, 0.05) is 25.2 Å². The molecule has 1 rings (SSSR count). The van der Waals surface area contributed by atoms with Gasteiger partial charge in [-0.2, -0.15) is 0 Å². The summed E-state index contributed by atoms with van der Waals surface area (Å²) >= 11 is 0. The number of benzene rings is 1. The van der Waals surface area contributed by atoms with E-state index < -0.39 is 0 Å². The zero-order chi connectivity index (χ0) is 14.3. The van der Waals surface area contributed by atoms with E-state index in [0.29, 0.717) is 12.1 Å². The molecule has 0 amide bonds. The van der Waals surface area contributed by atoms with E-state index in [1.54, 1.807) is 0 Å². The molecule has 0 bridgehead atoms. The molecule has 0 fully saturated rings. The van der Waals surface area contributed by atoms with Gasteiger partial charge < -0.3 is 5.32 Å². The highest BCUT2D eigenvalue weighted by molar-refractivity contribution is 5.23. The third-order valence-electron chi connectivity index (χ3n) is 3.71. The Bertz CT molecular complexity index is 360. The highest BCUT2D eigenvalue weighted by atomic mass is 15.1. The molecule has 1 atom stereocenters. The standard InChI is InChI=1S/C17H30N2/c1-6-15(5)19(7-2)13-17-10-8-9-16(11-17)12-18-14(3)4/h8-11,14-15,18H,6-7,12-13H2,1-5H3. The Balaban J connectivity index is 2.65. The maximum Gasteiger partial charge on any atom is 0.0236 e. The van der Waals surface area contributed by atoms with Crippen LogP contribution >= 0.6 is 0 Å². The van der Waals surface area contributed by atoms with Gasteiger partial charge in [-0.1, -0.05) is 52.0 Å². The lowest BCUT2D eigenvalue weighted by Gasteiger charge is -2.27. The summed E-state index contributed by atoms with van der Waals surface area (Å²) in [6.07, 6.45) is 1.21. The van der Waals surface area contributed by atoms with Crippen molar-refractivity contribution in [1.29, 1.82) is 0 Å². The average Bonchev–Trinajstić information content (AvgIpc) is 2.42. The molecule has 0 saturated carbocycles. The van der Waals surface area contributed by atoms with Crippen LogP contribution in [0.15, 0.2) is 24.3 Å². The van der Waals surface area contributed by atoms with E-state index in [9.17, 15) is 0 Å². The number of rotatable bonds is 8. The van der Waals surface area contributed by atoms with Gasteiger partial charge in [-0.15, -0.1) is 0 Å². The van der Waals surface area contributed by atoms with Crippen LogP contribution in [0.4, 0.5) is 0 Å². The van der Waals surface area contributed by atoms with Gasteiger partial charge in [0.2, 0.25) is 0 Å². The zero-order valence-corrected chi connectivity index (χ0v) is 13.2. The molecule has 1 aromatic rings. The first-order valence-electron chi connectivity index (χ1n) is 7.62. The molecule has 108 valence electrons. The van der Waals surface area contributed by atoms with Crippen LogP contribution in [-0.4, -0.2) is 23.5 Å². The minimum Gasteiger partial charge on any atom is -0.310 e. The Morgan fingerprint density at radius 2 is 1.79 bits per heavy atom. The summed E-state index contributed by atoms with van der Waals surface area (Å²) in [5.41, 5.74) is 2.80. The first kappa shape index (κ1) is 16.2. The van der Waals surface area contributed by atoms with Crippen molar-refractivity contribution in [2.24, 2.45) is 0 Å². The molecule has 2 nitrogen and oxygen atoms in total. The third kappa shape index (κ3) is 5.75. The third-order valence-corrected chi connectivity index (χ3v) is 3.71. The predicted octanol–water partition coefficient (Wildman–Crippen LogP) is 3.81. The minimum atomic E-state index is 0.538. The Kier molecular flexibility index (Phi) is 7.11. The second kappa shape index (κ2) is 8.34. The van der Waals surface area contributed by atoms with Crippen molar-refractivity contribution in [3.63, 3.8) is 0 Å². The lowest BCUT2D eigenvalue weighted by molar-refractivity contribution is 0.206. The van der Waals surface area contributed by atoms with Crippen LogP contribution in [-0.2, 0) is 13.1 Å². The Morgan fingerprint density at radius 3 is 2.37 bits per heavy atom. The summed E-state index contributed by atoms with van der Waals surface area (Å²) in [6.45, 7) is 14.3. The lowest BCUT2D eigenvalue weighted by Crippen LogP contribution is -2.31. The van der Waals surface area contributed by atoms with Crippen molar-refractivity contribution in [3.8, 4) is 0 Å². The molecule has 0 aromatic heterocycles. The molecule has 2 heteroatoms. The molecule has 1 aromatic carbocycles. The molecule has 0 heterocycles. The zero-order valence-electron chi connectivity index (χ0n) is 13.2. The van der Waals surface area contributed by atoms with Crippen molar-refractivity contribution in [2.45, 2.75) is 66.2 Å². The maximum absolute atomic E-state index is 3.48. The topological polar surface area (TPSA) is 15.3 Å². The van der Waals surface area contributed by atoms with Crippen LogP contribution in [0.1, 0.15) is 52.2 Å². The van der Waals surface area contributed by atoms with Crippen LogP contribution in [0.5, 0.6) is 0 Å². The summed E-state index contributed by atoms with van der Waals surface area (Å²) in [4.78, 5) is 2.54. The lowest BCUT2D eigenvalue weighted by atomic mass is 10.1. The normalized spacial score (nSPS) is 13.2. The number of nitrogens with zero attached hydrogens (tertiary/aromatic N) is 1. The van der Waals surface area contributed by atoms with Crippen LogP contribution in [0.25, 0.3) is 0 Å². The molecule has 0 saturated heterocycles. The van der Waals surface area contributed by atoms with Crippen LogP contribution in [0, 0.1) is 0 Å². The fourth-order valence-electron chi connectivity index (χ4n) is 2.23. The average molecular weight is 262 g/mol. The first-order valence-corrected chi connectivity index (χ1v) is 7.62. The van der Waals surface area contributed by atoms with Gasteiger partial charge in [-0.3, -0.25) is 4.90 Å². The van der Waals surface area contributed by atoms with Gasteiger partial charge in [-0.25, -0.2) is 0 Å². The Morgan fingerprint density at radius 1 is 1.11 bits per heavy atom. The van der Waals surface area contributed by atoms with Gasteiger partial charge in [0.15, 0.2) is 0 Å². The molecule has 0 aliphatic heterocycles. The molecule has 0 spiro atoms. The van der Waals surface area contributed by atoms with E-state index >= 15 is 0 Å². The fraction of sp³-hybridized carbons (Fsp3) is 0.647. The van der Waals surface area contributed by atoms with E-state index in [4.69, 9.17) is 0 Å². The monoisotopic (exact) mass is 262 g/mol. The predicted molar refractivity (Wildman–Crippen MR) is 84.3 cm³/mol. The van der Waals surface area contributed by atoms with E-state index in [1.165, 1.54) is 17.5 Å². The van der Waals surface area contributed by atoms with E-state index in [1.807, 2.05) is 0 Å². The summed E-state index contributed by atoms with van der Waals surface area (Å²) in [5.74, 6) is 0. The van der Waals surface area contributed by atoms with E-state index in [2.05, 4.69) is 69.1 Å². The van der Waals surface area contributed by atoms with Crippen molar-refractivity contribution in [2.75, 3.05) is 6.54 Å². The summed E-state index contributed by atoms with van der Waals surface area (Å²) in [5, 5.41) is 3.48. The first-order chi connectivity index (χ1) is 9.06. The number of nitrogens with one attached hydrogen (secondary N) is 1. The molecule has 1 unspecified atom stereocenters. The van der Waals surface area contributed by atoms with Crippen molar-refractivity contribution in [1.82, 2.24) is 10.2 Å². The largest absolute Gasteiger partial charge is 0.310 e. The van der Waals surface area contributed by atoms with Crippen LogP contribution in [0.3, 0.4) is 0 Å². The SMILES string of the molecule is CCC(C)N(CC)Cc1cccc(CNC(C)C)c1. The number of hydrogen-bond acceptors (Lipinski definition) is 2. The smallest absolute Gasteiger partial charge is 0.0236 e. The summed E-state index contributed by atoms with van der Waals surface area (Å²) < 4.78 is 0. The van der Waals surface area contributed by atoms with Gasteiger partial charge in [0.05, 0.1) is 0 Å². The molecular formula is C17H30N2. The minimum absolute atomic E-state index is 0.538. The summed E-state index contributed by atoms with van der Waals surface area (Å²) in [7, 11) is 0. The highest BCUT2D eigenvalue weighted by Gasteiger charge is 2.10. The second-order valence-corrected chi connectivity index (χ2v) is 5.68. The Labute approximate surface area is 119 Å². The van der Waals surface area contributed by atoms with Crippen molar-refractivity contribution >= 4 is 0 Å².